The molecular weight excluding hydrogens is 263 g/mol. The van der Waals surface area contributed by atoms with Gasteiger partial charge < -0.3 is 5.32 Å². The van der Waals surface area contributed by atoms with Gasteiger partial charge in [0, 0.05) is 6.04 Å². The summed E-state index contributed by atoms with van der Waals surface area (Å²) in [6, 6.07) is 0.382. The van der Waals surface area contributed by atoms with Gasteiger partial charge in [-0.3, -0.25) is 0 Å². The summed E-state index contributed by atoms with van der Waals surface area (Å²) in [5.41, 5.74) is 0. The topological polar surface area (TPSA) is 12.0 Å². The van der Waals surface area contributed by atoms with E-state index < -0.39 is 12.1 Å². The Hall–Kier alpha value is -0.510. The molecule has 0 aromatic rings. The van der Waals surface area contributed by atoms with E-state index in [2.05, 4.69) is 11.9 Å². The summed E-state index contributed by atoms with van der Waals surface area (Å²) in [7, 11) is 1.93. The molecule has 0 radical (unpaired) electrons. The molecule has 0 amide bonds. The monoisotopic (exact) mass is 291 g/mol. The van der Waals surface area contributed by atoms with Crippen molar-refractivity contribution in [2.75, 3.05) is 7.05 Å². The van der Waals surface area contributed by atoms with E-state index in [4.69, 9.17) is 0 Å². The summed E-state index contributed by atoms with van der Waals surface area (Å²) in [5, 5.41) is 3.31. The molecule has 1 aliphatic carbocycles. The number of alkyl halides is 3. The molecule has 1 rings (SSSR count). The maximum Gasteiger partial charge on any atom is 0.391 e. The number of nitrogens with one attached hydrogen (secondary N) is 1. The van der Waals surface area contributed by atoms with Gasteiger partial charge in [0.05, 0.1) is 5.92 Å². The third-order valence-corrected chi connectivity index (χ3v) is 4.60. The zero-order chi connectivity index (χ0) is 15.0. The van der Waals surface area contributed by atoms with Gasteiger partial charge in [0.1, 0.15) is 0 Å². The number of allylic oxidation sites excluding steroid dienone is 1. The predicted octanol–water partition coefficient (Wildman–Crippen LogP) is 5.08. The van der Waals surface area contributed by atoms with Crippen LogP contribution in [-0.2, 0) is 0 Å². The van der Waals surface area contributed by atoms with Crippen molar-refractivity contribution in [2.45, 2.75) is 70.0 Å². The van der Waals surface area contributed by atoms with Gasteiger partial charge in [-0.25, -0.2) is 0 Å². The molecule has 118 valence electrons. The van der Waals surface area contributed by atoms with Crippen molar-refractivity contribution >= 4 is 0 Å². The van der Waals surface area contributed by atoms with E-state index in [-0.39, 0.29) is 0 Å². The van der Waals surface area contributed by atoms with E-state index >= 15 is 0 Å². The lowest BCUT2D eigenvalue weighted by atomic mass is 9.77. The van der Waals surface area contributed by atoms with Crippen molar-refractivity contribution in [3.63, 3.8) is 0 Å². The minimum atomic E-state index is -4.00. The lowest BCUT2D eigenvalue weighted by molar-refractivity contribution is -0.184. The van der Waals surface area contributed by atoms with E-state index in [0.29, 0.717) is 37.6 Å². The number of halogens is 3. The van der Waals surface area contributed by atoms with Gasteiger partial charge in [0.15, 0.2) is 0 Å². The fourth-order valence-corrected chi connectivity index (χ4v) is 3.29. The molecule has 0 spiro atoms. The normalized spacial score (nSPS) is 25.4. The standard InChI is InChI=1S/C16H28F3N/c1-3-4-5-6-7-8-15(20-2)13-9-11-14(12-10-13)16(17,18)19/h3,13-15,20H,1,4-12H2,2H3. The largest absolute Gasteiger partial charge is 0.391 e. The van der Waals surface area contributed by atoms with Gasteiger partial charge in [-0.05, 0) is 57.9 Å². The molecule has 1 saturated carbocycles. The van der Waals surface area contributed by atoms with Crippen molar-refractivity contribution in [1.82, 2.24) is 5.32 Å². The van der Waals surface area contributed by atoms with Crippen molar-refractivity contribution < 1.29 is 13.2 Å². The van der Waals surface area contributed by atoms with E-state index in [0.717, 1.165) is 19.3 Å². The average Bonchev–Trinajstić information content (AvgIpc) is 2.42. The highest BCUT2D eigenvalue weighted by Crippen LogP contribution is 2.40. The predicted molar refractivity (Wildman–Crippen MR) is 77.6 cm³/mol. The first-order chi connectivity index (χ1) is 9.49. The van der Waals surface area contributed by atoms with Gasteiger partial charge >= 0.3 is 6.18 Å². The molecule has 1 fully saturated rings. The van der Waals surface area contributed by atoms with Gasteiger partial charge in [-0.15, -0.1) is 6.58 Å². The summed E-state index contributed by atoms with van der Waals surface area (Å²) in [6.45, 7) is 3.71. The van der Waals surface area contributed by atoms with Crippen LogP contribution in [-0.4, -0.2) is 19.3 Å². The maximum atomic E-state index is 12.6. The zero-order valence-corrected chi connectivity index (χ0v) is 12.5. The molecule has 0 bridgehead atoms. The van der Waals surface area contributed by atoms with Gasteiger partial charge in [-0.1, -0.05) is 18.9 Å². The molecule has 0 heterocycles. The van der Waals surface area contributed by atoms with Crippen LogP contribution in [0.2, 0.25) is 0 Å². The van der Waals surface area contributed by atoms with E-state index in [9.17, 15) is 13.2 Å². The molecule has 1 N–H and O–H groups in total. The lowest BCUT2D eigenvalue weighted by Crippen LogP contribution is -2.38. The minimum Gasteiger partial charge on any atom is -0.317 e. The van der Waals surface area contributed by atoms with Crippen molar-refractivity contribution in [1.29, 1.82) is 0 Å². The highest BCUT2D eigenvalue weighted by Gasteiger charge is 2.42. The van der Waals surface area contributed by atoms with Gasteiger partial charge in [0.25, 0.3) is 0 Å². The SMILES string of the molecule is C=CCCCCCC(NC)C1CCC(C(F)(F)F)CC1. The zero-order valence-electron chi connectivity index (χ0n) is 12.5. The molecule has 4 heteroatoms. The third-order valence-electron chi connectivity index (χ3n) is 4.60. The number of rotatable bonds is 8. The minimum absolute atomic E-state index is 0.308. The quantitative estimate of drug-likeness (QED) is 0.486. The second-order valence-electron chi connectivity index (χ2n) is 5.98. The Morgan fingerprint density at radius 3 is 2.30 bits per heavy atom. The fraction of sp³-hybridized carbons (Fsp3) is 0.875. The Kier molecular flexibility index (Phi) is 7.63. The Morgan fingerprint density at radius 2 is 1.80 bits per heavy atom. The van der Waals surface area contributed by atoms with E-state index in [1.54, 1.807) is 0 Å². The van der Waals surface area contributed by atoms with Gasteiger partial charge in [-0.2, -0.15) is 13.2 Å². The van der Waals surface area contributed by atoms with Gasteiger partial charge in [0.2, 0.25) is 0 Å². The van der Waals surface area contributed by atoms with E-state index in [1.165, 1.54) is 12.8 Å². The summed E-state index contributed by atoms with van der Waals surface area (Å²) < 4.78 is 37.9. The smallest absolute Gasteiger partial charge is 0.317 e. The fourth-order valence-electron chi connectivity index (χ4n) is 3.29. The highest BCUT2D eigenvalue weighted by atomic mass is 19.4. The van der Waals surface area contributed by atoms with Crippen LogP contribution in [0, 0.1) is 11.8 Å². The van der Waals surface area contributed by atoms with Crippen molar-refractivity contribution in [2.24, 2.45) is 11.8 Å². The number of hydrogen-bond acceptors (Lipinski definition) is 1. The first-order valence-corrected chi connectivity index (χ1v) is 7.84. The highest BCUT2D eigenvalue weighted by molar-refractivity contribution is 4.83. The molecular formula is C16H28F3N. The van der Waals surface area contributed by atoms with Crippen LogP contribution in [0.1, 0.15) is 57.8 Å². The molecule has 0 aliphatic heterocycles. The summed E-state index contributed by atoms with van der Waals surface area (Å²) in [6.07, 6.45) is 5.62. The average molecular weight is 291 g/mol. The maximum absolute atomic E-state index is 12.6. The van der Waals surface area contributed by atoms with Crippen LogP contribution in [0.4, 0.5) is 13.2 Å². The van der Waals surface area contributed by atoms with Crippen LogP contribution >= 0.6 is 0 Å². The lowest BCUT2D eigenvalue weighted by Gasteiger charge is -2.34. The molecule has 0 aromatic carbocycles. The van der Waals surface area contributed by atoms with E-state index in [1.807, 2.05) is 13.1 Å². The molecule has 1 atom stereocenters. The molecule has 0 saturated heterocycles. The number of hydrogen-bond donors (Lipinski definition) is 1. The Bertz CT molecular complexity index is 267. The van der Waals surface area contributed by atoms with Crippen molar-refractivity contribution in [3.8, 4) is 0 Å². The van der Waals surface area contributed by atoms with Crippen LogP contribution in [0.5, 0.6) is 0 Å². The molecule has 20 heavy (non-hydrogen) atoms. The Labute approximate surface area is 121 Å². The molecule has 1 aliphatic rings. The number of unbranched alkanes of at least 4 members (excludes halogenated alkanes) is 3. The Morgan fingerprint density at radius 1 is 1.15 bits per heavy atom. The van der Waals surface area contributed by atoms with Crippen LogP contribution in [0.3, 0.4) is 0 Å². The Balaban J connectivity index is 2.28. The van der Waals surface area contributed by atoms with Crippen LogP contribution in [0.25, 0.3) is 0 Å². The second kappa shape index (κ2) is 8.71. The van der Waals surface area contributed by atoms with Crippen molar-refractivity contribution in [3.05, 3.63) is 12.7 Å². The molecule has 1 unspecified atom stereocenters. The molecule has 0 aromatic heterocycles. The first kappa shape index (κ1) is 17.5. The first-order valence-electron chi connectivity index (χ1n) is 7.84. The van der Waals surface area contributed by atoms with Crippen LogP contribution in [0.15, 0.2) is 12.7 Å². The third kappa shape index (κ3) is 5.86. The summed E-state index contributed by atoms with van der Waals surface area (Å²) in [5.74, 6) is -0.651. The molecule has 1 nitrogen and oxygen atoms in total. The summed E-state index contributed by atoms with van der Waals surface area (Å²) >= 11 is 0. The second-order valence-corrected chi connectivity index (χ2v) is 5.98. The summed E-state index contributed by atoms with van der Waals surface area (Å²) in [4.78, 5) is 0. The van der Waals surface area contributed by atoms with Crippen LogP contribution < -0.4 is 5.32 Å².